The van der Waals surface area contributed by atoms with Gasteiger partial charge in [0.2, 0.25) is 0 Å². The largest absolute Gasteiger partial charge is 0.379 e. The van der Waals surface area contributed by atoms with Crippen LogP contribution < -0.4 is 5.32 Å². The molecule has 0 aromatic rings. The minimum atomic E-state index is 0.186. The maximum Gasteiger partial charge on any atom is 0.0707 e. The Kier molecular flexibility index (Phi) is 5.01. The molecule has 2 rings (SSSR count). The van der Waals surface area contributed by atoms with Gasteiger partial charge in [-0.1, -0.05) is 0 Å². The molecule has 0 aliphatic carbocycles. The molecule has 0 spiro atoms. The molecule has 4 heteroatoms. The summed E-state index contributed by atoms with van der Waals surface area (Å²) in [6.07, 6.45) is 3.22. The summed E-state index contributed by atoms with van der Waals surface area (Å²) >= 11 is 0. The zero-order chi connectivity index (χ0) is 13.0. The molecule has 0 saturated carbocycles. The number of nitrogens with one attached hydrogen (secondary N) is 1. The first-order chi connectivity index (χ1) is 8.53. The first kappa shape index (κ1) is 14.3. The molecule has 0 aromatic heterocycles. The summed E-state index contributed by atoms with van der Waals surface area (Å²) < 4.78 is 11.5. The highest BCUT2D eigenvalue weighted by molar-refractivity contribution is 4.81. The van der Waals surface area contributed by atoms with Gasteiger partial charge >= 0.3 is 0 Å². The minimum absolute atomic E-state index is 0.186. The van der Waals surface area contributed by atoms with Crippen LogP contribution in [-0.2, 0) is 9.47 Å². The van der Waals surface area contributed by atoms with Crippen LogP contribution in [0.3, 0.4) is 0 Å². The van der Waals surface area contributed by atoms with E-state index in [9.17, 15) is 0 Å². The van der Waals surface area contributed by atoms with E-state index < -0.39 is 0 Å². The molecule has 18 heavy (non-hydrogen) atoms. The number of hydrogen-bond donors (Lipinski definition) is 1. The van der Waals surface area contributed by atoms with Crippen molar-refractivity contribution in [1.29, 1.82) is 0 Å². The summed E-state index contributed by atoms with van der Waals surface area (Å²) in [6.45, 7) is 12.5. The zero-order valence-electron chi connectivity index (χ0n) is 12.1. The van der Waals surface area contributed by atoms with Gasteiger partial charge in [-0.05, 0) is 33.6 Å². The van der Waals surface area contributed by atoms with Crippen LogP contribution in [0.2, 0.25) is 0 Å². The average Bonchev–Trinajstić information content (AvgIpc) is 2.75. The van der Waals surface area contributed by atoms with Crippen LogP contribution in [0.4, 0.5) is 0 Å². The maximum absolute atomic E-state index is 6.11. The van der Waals surface area contributed by atoms with Crippen LogP contribution >= 0.6 is 0 Å². The molecule has 2 heterocycles. The molecule has 2 aliphatic heterocycles. The van der Waals surface area contributed by atoms with Crippen LogP contribution in [0.25, 0.3) is 0 Å². The Morgan fingerprint density at radius 2 is 1.78 bits per heavy atom. The van der Waals surface area contributed by atoms with Crippen LogP contribution in [-0.4, -0.2) is 62.0 Å². The van der Waals surface area contributed by atoms with E-state index in [1.165, 1.54) is 12.8 Å². The van der Waals surface area contributed by atoms with E-state index in [2.05, 4.69) is 31.0 Å². The van der Waals surface area contributed by atoms with E-state index >= 15 is 0 Å². The van der Waals surface area contributed by atoms with E-state index in [4.69, 9.17) is 9.47 Å². The first-order valence-corrected chi connectivity index (χ1v) is 7.23. The Morgan fingerprint density at radius 3 is 2.44 bits per heavy atom. The van der Waals surface area contributed by atoms with Gasteiger partial charge in [-0.3, -0.25) is 4.90 Å². The predicted molar refractivity (Wildman–Crippen MR) is 72.9 cm³/mol. The van der Waals surface area contributed by atoms with Gasteiger partial charge in [0.05, 0.1) is 25.4 Å². The highest BCUT2D eigenvalue weighted by Gasteiger charge is 2.28. The predicted octanol–water partition coefficient (Wildman–Crippen LogP) is 1.25. The molecule has 2 fully saturated rings. The first-order valence-electron chi connectivity index (χ1n) is 7.23. The van der Waals surface area contributed by atoms with Crippen molar-refractivity contribution in [3.63, 3.8) is 0 Å². The lowest BCUT2D eigenvalue weighted by Crippen LogP contribution is -2.42. The van der Waals surface area contributed by atoms with Crippen molar-refractivity contribution in [1.82, 2.24) is 10.2 Å². The number of nitrogens with zero attached hydrogens (tertiary/aromatic N) is 1. The molecule has 0 radical (unpaired) electrons. The van der Waals surface area contributed by atoms with Crippen molar-refractivity contribution >= 4 is 0 Å². The van der Waals surface area contributed by atoms with Gasteiger partial charge in [0.25, 0.3) is 0 Å². The molecule has 106 valence electrons. The van der Waals surface area contributed by atoms with E-state index in [1.807, 2.05) is 0 Å². The molecule has 2 saturated heterocycles. The van der Waals surface area contributed by atoms with E-state index in [0.717, 1.165) is 39.4 Å². The second-order valence-corrected chi connectivity index (χ2v) is 6.50. The SMILES string of the molecule is CC(C)(C)NCC1CCC(CN2CCOCC2)O1. The Labute approximate surface area is 111 Å². The molecule has 2 atom stereocenters. The van der Waals surface area contributed by atoms with E-state index in [-0.39, 0.29) is 5.54 Å². The van der Waals surface area contributed by atoms with Crippen LogP contribution in [0, 0.1) is 0 Å². The third-order valence-electron chi connectivity index (χ3n) is 3.62. The summed E-state index contributed by atoms with van der Waals surface area (Å²) in [4.78, 5) is 2.47. The standard InChI is InChI=1S/C14H28N2O2/c1-14(2,3)15-10-12-4-5-13(18-12)11-16-6-8-17-9-7-16/h12-13,15H,4-11H2,1-3H3. The lowest BCUT2D eigenvalue weighted by molar-refractivity contribution is -0.0117. The fourth-order valence-corrected chi connectivity index (χ4v) is 2.56. The second kappa shape index (κ2) is 6.33. The third kappa shape index (κ3) is 4.84. The summed E-state index contributed by atoms with van der Waals surface area (Å²) in [7, 11) is 0. The van der Waals surface area contributed by atoms with Gasteiger partial charge in [-0.25, -0.2) is 0 Å². The molecule has 4 nitrogen and oxygen atoms in total. The molecule has 2 aliphatic rings. The zero-order valence-corrected chi connectivity index (χ0v) is 12.1. The molecule has 0 amide bonds. The van der Waals surface area contributed by atoms with E-state index in [1.54, 1.807) is 0 Å². The van der Waals surface area contributed by atoms with Crippen LogP contribution in [0.1, 0.15) is 33.6 Å². The molecule has 1 N–H and O–H groups in total. The summed E-state index contributed by atoms with van der Waals surface area (Å²) in [5.41, 5.74) is 0.186. The highest BCUT2D eigenvalue weighted by atomic mass is 16.5. The highest BCUT2D eigenvalue weighted by Crippen LogP contribution is 2.21. The Balaban J connectivity index is 1.65. The van der Waals surface area contributed by atoms with Gasteiger partial charge in [0, 0.05) is 31.7 Å². The van der Waals surface area contributed by atoms with Crippen molar-refractivity contribution in [2.45, 2.75) is 51.4 Å². The van der Waals surface area contributed by atoms with Crippen LogP contribution in [0.5, 0.6) is 0 Å². The molecule has 0 aromatic carbocycles. The fourth-order valence-electron chi connectivity index (χ4n) is 2.56. The smallest absolute Gasteiger partial charge is 0.0707 e. The van der Waals surface area contributed by atoms with Crippen molar-refractivity contribution in [2.75, 3.05) is 39.4 Å². The lowest BCUT2D eigenvalue weighted by atomic mass is 10.1. The van der Waals surface area contributed by atoms with Crippen LogP contribution in [0.15, 0.2) is 0 Å². The van der Waals surface area contributed by atoms with Crippen molar-refractivity contribution in [2.24, 2.45) is 0 Å². The Morgan fingerprint density at radius 1 is 1.11 bits per heavy atom. The van der Waals surface area contributed by atoms with Gasteiger partial charge in [0.15, 0.2) is 0 Å². The second-order valence-electron chi connectivity index (χ2n) is 6.50. The molecular weight excluding hydrogens is 228 g/mol. The summed E-state index contributed by atoms with van der Waals surface area (Å²) in [6, 6.07) is 0. The van der Waals surface area contributed by atoms with Gasteiger partial charge < -0.3 is 14.8 Å². The average molecular weight is 256 g/mol. The normalized spacial score (nSPS) is 30.8. The van der Waals surface area contributed by atoms with Crippen molar-refractivity contribution in [3.05, 3.63) is 0 Å². The fraction of sp³-hybridized carbons (Fsp3) is 1.00. The Hall–Kier alpha value is -0.160. The van der Waals surface area contributed by atoms with Crippen molar-refractivity contribution < 1.29 is 9.47 Å². The number of rotatable bonds is 4. The van der Waals surface area contributed by atoms with Gasteiger partial charge in [0.1, 0.15) is 0 Å². The van der Waals surface area contributed by atoms with Gasteiger partial charge in [-0.2, -0.15) is 0 Å². The van der Waals surface area contributed by atoms with Gasteiger partial charge in [-0.15, -0.1) is 0 Å². The molecule has 2 unspecified atom stereocenters. The lowest BCUT2D eigenvalue weighted by Gasteiger charge is -2.29. The maximum atomic E-state index is 6.11. The number of ether oxygens (including phenoxy) is 2. The summed E-state index contributed by atoms with van der Waals surface area (Å²) in [5.74, 6) is 0. The topological polar surface area (TPSA) is 33.7 Å². The van der Waals surface area contributed by atoms with Crippen molar-refractivity contribution in [3.8, 4) is 0 Å². The number of hydrogen-bond acceptors (Lipinski definition) is 4. The molecule has 0 bridgehead atoms. The van der Waals surface area contributed by atoms with E-state index in [0.29, 0.717) is 12.2 Å². The number of morpholine rings is 1. The Bertz CT molecular complexity index is 247. The monoisotopic (exact) mass is 256 g/mol. The summed E-state index contributed by atoms with van der Waals surface area (Å²) in [5, 5.41) is 3.53. The molecular formula is C14H28N2O2. The third-order valence-corrected chi connectivity index (χ3v) is 3.62. The quantitative estimate of drug-likeness (QED) is 0.821. The minimum Gasteiger partial charge on any atom is -0.379 e.